The number of nitrogens with one attached hydrogen (secondary N) is 1. The van der Waals surface area contributed by atoms with Crippen LogP contribution in [0.2, 0.25) is 0 Å². The van der Waals surface area contributed by atoms with Gasteiger partial charge >= 0.3 is 0 Å². The van der Waals surface area contributed by atoms with E-state index in [4.69, 9.17) is 0 Å². The Kier molecular flexibility index (Phi) is 4.14. The highest BCUT2D eigenvalue weighted by molar-refractivity contribution is 7.15. The number of aromatic nitrogens is 3. The Bertz CT molecular complexity index is 515. The third-order valence-corrected chi connectivity index (χ3v) is 4.11. The van der Waals surface area contributed by atoms with E-state index in [0.29, 0.717) is 6.04 Å². The van der Waals surface area contributed by atoms with Crippen molar-refractivity contribution in [2.24, 2.45) is 7.05 Å². The van der Waals surface area contributed by atoms with Crippen LogP contribution in [0.5, 0.6) is 0 Å². The van der Waals surface area contributed by atoms with Crippen molar-refractivity contribution in [1.29, 1.82) is 0 Å². The zero-order chi connectivity index (χ0) is 13.1. The van der Waals surface area contributed by atoms with E-state index in [1.165, 1.54) is 4.88 Å². The van der Waals surface area contributed by atoms with Gasteiger partial charge in [-0.15, -0.1) is 11.3 Å². The minimum atomic E-state index is 0.369. The molecule has 5 heteroatoms. The zero-order valence-electron chi connectivity index (χ0n) is 11.4. The van der Waals surface area contributed by atoms with Crippen molar-refractivity contribution in [1.82, 2.24) is 20.1 Å². The summed E-state index contributed by atoms with van der Waals surface area (Å²) in [6, 6.07) is 0.369. The Balaban J connectivity index is 2.17. The second-order valence-corrected chi connectivity index (χ2v) is 5.61. The fourth-order valence-corrected chi connectivity index (χ4v) is 2.89. The Morgan fingerprint density at radius 2 is 2.28 bits per heavy atom. The summed E-state index contributed by atoms with van der Waals surface area (Å²) in [6.45, 7) is 7.43. The first-order chi connectivity index (χ1) is 8.61. The van der Waals surface area contributed by atoms with Gasteiger partial charge in [-0.3, -0.25) is 4.68 Å². The average Bonchev–Trinajstić information content (AvgIpc) is 2.92. The molecule has 2 aromatic rings. The molecule has 18 heavy (non-hydrogen) atoms. The molecule has 1 N–H and O–H groups in total. The van der Waals surface area contributed by atoms with Crippen molar-refractivity contribution in [3.8, 4) is 10.6 Å². The number of hydrogen-bond donors (Lipinski definition) is 1. The molecular formula is C13H20N4S. The van der Waals surface area contributed by atoms with Crippen LogP contribution in [-0.4, -0.2) is 21.3 Å². The molecule has 2 rings (SSSR count). The van der Waals surface area contributed by atoms with Crippen LogP contribution >= 0.6 is 11.3 Å². The molecule has 0 aliphatic heterocycles. The van der Waals surface area contributed by atoms with Crippen molar-refractivity contribution >= 4 is 11.3 Å². The molecule has 4 nitrogen and oxygen atoms in total. The van der Waals surface area contributed by atoms with E-state index < -0.39 is 0 Å². The van der Waals surface area contributed by atoms with E-state index in [2.05, 4.69) is 29.2 Å². The van der Waals surface area contributed by atoms with E-state index in [9.17, 15) is 0 Å². The van der Waals surface area contributed by atoms with E-state index in [-0.39, 0.29) is 0 Å². The average molecular weight is 264 g/mol. The lowest BCUT2D eigenvalue weighted by molar-refractivity contribution is 0.577. The normalized spacial score (nSPS) is 12.9. The molecular weight excluding hydrogens is 244 g/mol. The van der Waals surface area contributed by atoms with Crippen LogP contribution in [0.25, 0.3) is 10.6 Å². The molecule has 98 valence electrons. The van der Waals surface area contributed by atoms with Gasteiger partial charge in [-0.25, -0.2) is 4.98 Å². The fraction of sp³-hybridized carbons (Fsp3) is 0.538. The first kappa shape index (κ1) is 13.2. The fourth-order valence-electron chi connectivity index (χ4n) is 1.88. The van der Waals surface area contributed by atoms with E-state index in [1.807, 2.05) is 31.0 Å². The third-order valence-electron chi connectivity index (χ3n) is 2.89. The third kappa shape index (κ3) is 2.79. The van der Waals surface area contributed by atoms with Gasteiger partial charge in [0.05, 0.1) is 11.3 Å². The number of hydrogen-bond acceptors (Lipinski definition) is 4. The van der Waals surface area contributed by atoms with Crippen LogP contribution in [-0.2, 0) is 7.05 Å². The van der Waals surface area contributed by atoms with Gasteiger partial charge in [0.25, 0.3) is 0 Å². The zero-order valence-corrected chi connectivity index (χ0v) is 12.2. The first-order valence-corrected chi connectivity index (χ1v) is 7.13. The Morgan fingerprint density at radius 1 is 1.50 bits per heavy atom. The number of aryl methyl sites for hydroxylation is 2. The van der Waals surface area contributed by atoms with Crippen LogP contribution in [0, 0.1) is 6.92 Å². The minimum Gasteiger partial charge on any atom is -0.309 e. The van der Waals surface area contributed by atoms with Crippen molar-refractivity contribution in [3.63, 3.8) is 0 Å². The van der Waals surface area contributed by atoms with E-state index in [1.54, 1.807) is 11.3 Å². The maximum absolute atomic E-state index is 4.51. The number of rotatable bonds is 5. The van der Waals surface area contributed by atoms with Gasteiger partial charge in [0.1, 0.15) is 5.01 Å². The highest BCUT2D eigenvalue weighted by Gasteiger charge is 2.13. The lowest BCUT2D eigenvalue weighted by Crippen LogP contribution is -2.18. The summed E-state index contributed by atoms with van der Waals surface area (Å²) in [5.41, 5.74) is 2.17. The Hall–Kier alpha value is -1.20. The van der Waals surface area contributed by atoms with Gasteiger partial charge in [0.2, 0.25) is 0 Å². The molecule has 2 aromatic heterocycles. The maximum Gasteiger partial charge on any atom is 0.127 e. The second-order valence-electron chi connectivity index (χ2n) is 4.55. The Labute approximate surface area is 112 Å². The van der Waals surface area contributed by atoms with Gasteiger partial charge in [0, 0.05) is 30.4 Å². The van der Waals surface area contributed by atoms with Crippen LogP contribution in [0.3, 0.4) is 0 Å². The highest BCUT2D eigenvalue weighted by atomic mass is 32.1. The summed E-state index contributed by atoms with van der Waals surface area (Å²) in [5, 5.41) is 8.90. The molecule has 0 aliphatic rings. The molecule has 1 atom stereocenters. The predicted molar refractivity (Wildman–Crippen MR) is 75.8 cm³/mol. The van der Waals surface area contributed by atoms with Gasteiger partial charge in [-0.05, 0) is 26.8 Å². The van der Waals surface area contributed by atoms with E-state index in [0.717, 1.165) is 29.2 Å². The van der Waals surface area contributed by atoms with Crippen LogP contribution in [0.1, 0.15) is 36.9 Å². The van der Waals surface area contributed by atoms with Crippen LogP contribution in [0.4, 0.5) is 0 Å². The molecule has 0 spiro atoms. The molecule has 0 fully saturated rings. The summed E-state index contributed by atoms with van der Waals surface area (Å²) in [5.74, 6) is 0. The standard InChI is InChI=1S/C13H20N4S/c1-5-6-14-10(3)12-7-15-13(18-12)11-8-17(4)16-9(11)2/h7-8,10,14H,5-6H2,1-4H3. The largest absolute Gasteiger partial charge is 0.309 e. The van der Waals surface area contributed by atoms with Crippen LogP contribution < -0.4 is 5.32 Å². The topological polar surface area (TPSA) is 42.7 Å². The number of nitrogens with zero attached hydrogens (tertiary/aromatic N) is 3. The summed E-state index contributed by atoms with van der Waals surface area (Å²) < 4.78 is 1.84. The van der Waals surface area contributed by atoms with Crippen LogP contribution in [0.15, 0.2) is 12.4 Å². The highest BCUT2D eigenvalue weighted by Crippen LogP contribution is 2.30. The summed E-state index contributed by atoms with van der Waals surface area (Å²) in [7, 11) is 1.94. The quantitative estimate of drug-likeness (QED) is 0.903. The molecule has 1 unspecified atom stereocenters. The molecule has 0 amide bonds. The summed E-state index contributed by atoms with van der Waals surface area (Å²) in [4.78, 5) is 5.79. The van der Waals surface area contributed by atoms with Crippen molar-refractivity contribution < 1.29 is 0 Å². The predicted octanol–water partition coefficient (Wildman–Crippen LogP) is 2.91. The SMILES string of the molecule is CCCNC(C)c1cnc(-c2cn(C)nc2C)s1. The lowest BCUT2D eigenvalue weighted by atomic mass is 10.3. The van der Waals surface area contributed by atoms with Crippen molar-refractivity contribution in [2.45, 2.75) is 33.2 Å². The van der Waals surface area contributed by atoms with Crippen molar-refractivity contribution in [3.05, 3.63) is 23.0 Å². The molecule has 0 saturated heterocycles. The van der Waals surface area contributed by atoms with Gasteiger partial charge < -0.3 is 5.32 Å². The van der Waals surface area contributed by atoms with E-state index >= 15 is 0 Å². The lowest BCUT2D eigenvalue weighted by Gasteiger charge is -2.09. The van der Waals surface area contributed by atoms with Gasteiger partial charge in [-0.1, -0.05) is 6.92 Å². The van der Waals surface area contributed by atoms with Crippen molar-refractivity contribution in [2.75, 3.05) is 6.54 Å². The molecule has 0 radical (unpaired) electrons. The summed E-state index contributed by atoms with van der Waals surface area (Å²) in [6.07, 6.45) is 5.15. The molecule has 0 aliphatic carbocycles. The molecule has 0 bridgehead atoms. The maximum atomic E-state index is 4.51. The first-order valence-electron chi connectivity index (χ1n) is 6.31. The monoisotopic (exact) mass is 264 g/mol. The number of thiazole rings is 1. The smallest absolute Gasteiger partial charge is 0.127 e. The minimum absolute atomic E-state index is 0.369. The second kappa shape index (κ2) is 5.63. The summed E-state index contributed by atoms with van der Waals surface area (Å²) >= 11 is 1.75. The molecule has 0 aromatic carbocycles. The Morgan fingerprint density at radius 3 is 2.89 bits per heavy atom. The van der Waals surface area contributed by atoms with Gasteiger partial charge in [-0.2, -0.15) is 5.10 Å². The van der Waals surface area contributed by atoms with Gasteiger partial charge in [0.15, 0.2) is 0 Å². The molecule has 0 saturated carbocycles. The molecule has 2 heterocycles.